The molecule has 1 heterocycles. The Morgan fingerprint density at radius 1 is 1.47 bits per heavy atom. The van der Waals surface area contributed by atoms with Gasteiger partial charge in [-0.15, -0.1) is 0 Å². The van der Waals surface area contributed by atoms with Gasteiger partial charge in [-0.1, -0.05) is 0 Å². The molecule has 5 heteroatoms. The summed E-state index contributed by atoms with van der Waals surface area (Å²) in [4.78, 5) is 10.5. The second-order valence-corrected chi connectivity index (χ2v) is 4.99. The van der Waals surface area contributed by atoms with Crippen LogP contribution >= 0.6 is 15.9 Å². The van der Waals surface area contributed by atoms with Crippen LogP contribution in [0.2, 0.25) is 0 Å². The van der Waals surface area contributed by atoms with E-state index in [0.717, 1.165) is 29.8 Å². The molecule has 4 nitrogen and oxygen atoms in total. The standard InChI is InChI=1S/C10H14BrN3O/c1-14(6-7-2-9(15)3-7)10-12-4-8(11)5-13-10/h4-5,7,9,15H,2-3,6H2,1H3. The maximum atomic E-state index is 9.18. The largest absolute Gasteiger partial charge is 0.393 e. The van der Waals surface area contributed by atoms with Crippen molar-refractivity contribution >= 4 is 21.9 Å². The van der Waals surface area contributed by atoms with Crippen molar-refractivity contribution < 1.29 is 5.11 Å². The summed E-state index contributed by atoms with van der Waals surface area (Å²) in [5.41, 5.74) is 0. The molecule has 0 unspecified atom stereocenters. The monoisotopic (exact) mass is 271 g/mol. The van der Waals surface area contributed by atoms with Gasteiger partial charge in [0, 0.05) is 26.0 Å². The third kappa shape index (κ3) is 2.66. The average molecular weight is 272 g/mol. The third-order valence-corrected chi connectivity index (χ3v) is 3.10. The smallest absolute Gasteiger partial charge is 0.225 e. The molecule has 0 aliphatic heterocycles. The van der Waals surface area contributed by atoms with Crippen molar-refractivity contribution in [1.82, 2.24) is 9.97 Å². The maximum Gasteiger partial charge on any atom is 0.225 e. The highest BCUT2D eigenvalue weighted by Gasteiger charge is 2.28. The number of nitrogens with zero attached hydrogens (tertiary/aromatic N) is 3. The lowest BCUT2D eigenvalue weighted by Crippen LogP contribution is -2.37. The van der Waals surface area contributed by atoms with Crippen molar-refractivity contribution in [3.05, 3.63) is 16.9 Å². The molecule has 0 bridgehead atoms. The fourth-order valence-corrected chi connectivity index (χ4v) is 2.03. The van der Waals surface area contributed by atoms with E-state index in [2.05, 4.69) is 25.9 Å². The Balaban J connectivity index is 1.90. The van der Waals surface area contributed by atoms with E-state index >= 15 is 0 Å². The minimum absolute atomic E-state index is 0.0887. The van der Waals surface area contributed by atoms with Crippen LogP contribution in [-0.2, 0) is 0 Å². The molecule has 1 saturated carbocycles. The molecule has 1 aliphatic rings. The summed E-state index contributed by atoms with van der Waals surface area (Å²) in [5, 5.41) is 9.18. The fourth-order valence-electron chi connectivity index (χ4n) is 1.82. The van der Waals surface area contributed by atoms with Gasteiger partial charge in [0.05, 0.1) is 10.6 Å². The van der Waals surface area contributed by atoms with Crippen LogP contribution in [0.1, 0.15) is 12.8 Å². The first-order valence-electron chi connectivity index (χ1n) is 5.02. The molecule has 1 fully saturated rings. The van der Waals surface area contributed by atoms with Crippen LogP contribution in [0.15, 0.2) is 16.9 Å². The predicted octanol–water partition coefficient (Wildman–Crippen LogP) is 1.45. The van der Waals surface area contributed by atoms with Crippen molar-refractivity contribution in [1.29, 1.82) is 0 Å². The third-order valence-electron chi connectivity index (χ3n) is 2.69. The van der Waals surface area contributed by atoms with Crippen LogP contribution in [0.3, 0.4) is 0 Å². The molecular formula is C10H14BrN3O. The van der Waals surface area contributed by atoms with Crippen LogP contribution in [0.25, 0.3) is 0 Å². The first-order valence-corrected chi connectivity index (χ1v) is 5.81. The van der Waals surface area contributed by atoms with Gasteiger partial charge in [-0.25, -0.2) is 9.97 Å². The Kier molecular flexibility index (Phi) is 3.21. The van der Waals surface area contributed by atoms with Gasteiger partial charge in [-0.05, 0) is 34.7 Å². The minimum atomic E-state index is -0.0887. The normalized spacial score (nSPS) is 24.7. The second kappa shape index (κ2) is 4.45. The molecule has 15 heavy (non-hydrogen) atoms. The van der Waals surface area contributed by atoms with Crippen LogP contribution in [-0.4, -0.2) is 34.8 Å². The van der Waals surface area contributed by atoms with E-state index < -0.39 is 0 Å². The van der Waals surface area contributed by atoms with E-state index in [4.69, 9.17) is 0 Å². The molecule has 2 rings (SSSR count). The van der Waals surface area contributed by atoms with E-state index in [0.29, 0.717) is 5.92 Å². The number of aliphatic hydroxyl groups is 1. The molecule has 1 aromatic heterocycles. The van der Waals surface area contributed by atoms with Crippen molar-refractivity contribution in [3.8, 4) is 0 Å². The van der Waals surface area contributed by atoms with Gasteiger partial charge >= 0.3 is 0 Å². The number of hydrogen-bond acceptors (Lipinski definition) is 4. The van der Waals surface area contributed by atoms with E-state index in [9.17, 15) is 5.11 Å². The van der Waals surface area contributed by atoms with Crippen LogP contribution in [0, 0.1) is 5.92 Å². The highest BCUT2D eigenvalue weighted by Crippen LogP contribution is 2.28. The quantitative estimate of drug-likeness (QED) is 0.904. The van der Waals surface area contributed by atoms with Crippen LogP contribution in [0.5, 0.6) is 0 Å². The first kappa shape index (κ1) is 10.8. The highest BCUT2D eigenvalue weighted by molar-refractivity contribution is 9.10. The molecule has 82 valence electrons. The summed E-state index contributed by atoms with van der Waals surface area (Å²) in [5.74, 6) is 1.32. The van der Waals surface area contributed by atoms with Gasteiger partial charge in [-0.3, -0.25) is 0 Å². The number of hydrogen-bond donors (Lipinski definition) is 1. The summed E-state index contributed by atoms with van der Waals surface area (Å²) in [6, 6.07) is 0. The number of halogens is 1. The summed E-state index contributed by atoms with van der Waals surface area (Å²) in [6.45, 7) is 0.915. The number of rotatable bonds is 3. The molecule has 1 aliphatic carbocycles. The van der Waals surface area contributed by atoms with Crippen molar-refractivity contribution in [2.24, 2.45) is 5.92 Å². The van der Waals surface area contributed by atoms with E-state index in [1.54, 1.807) is 12.4 Å². The second-order valence-electron chi connectivity index (χ2n) is 4.07. The molecule has 0 radical (unpaired) electrons. The summed E-state index contributed by atoms with van der Waals surface area (Å²) in [6.07, 6.45) is 5.21. The van der Waals surface area contributed by atoms with Crippen molar-refractivity contribution in [2.75, 3.05) is 18.5 Å². The Morgan fingerprint density at radius 2 is 2.07 bits per heavy atom. The minimum Gasteiger partial charge on any atom is -0.393 e. The van der Waals surface area contributed by atoms with Gasteiger partial charge in [0.2, 0.25) is 5.95 Å². The van der Waals surface area contributed by atoms with E-state index in [-0.39, 0.29) is 6.10 Å². The van der Waals surface area contributed by atoms with Gasteiger partial charge in [0.25, 0.3) is 0 Å². The summed E-state index contributed by atoms with van der Waals surface area (Å²) < 4.78 is 0.888. The topological polar surface area (TPSA) is 49.2 Å². The fraction of sp³-hybridized carbons (Fsp3) is 0.600. The molecule has 0 spiro atoms. The van der Waals surface area contributed by atoms with Crippen molar-refractivity contribution in [2.45, 2.75) is 18.9 Å². The Labute approximate surface area is 97.5 Å². The molecule has 0 amide bonds. The summed E-state index contributed by atoms with van der Waals surface area (Å²) in [7, 11) is 1.98. The molecule has 1 N–H and O–H groups in total. The van der Waals surface area contributed by atoms with Crippen molar-refractivity contribution in [3.63, 3.8) is 0 Å². The maximum absolute atomic E-state index is 9.18. The molecule has 1 aromatic rings. The number of anilines is 1. The lowest BCUT2D eigenvalue weighted by Gasteiger charge is -2.34. The molecular weight excluding hydrogens is 258 g/mol. The SMILES string of the molecule is CN(CC1CC(O)C1)c1ncc(Br)cn1. The number of aliphatic hydroxyl groups excluding tert-OH is 1. The Hall–Kier alpha value is -0.680. The molecule has 0 atom stereocenters. The molecule has 0 aromatic carbocycles. The van der Waals surface area contributed by atoms with Gasteiger partial charge in [0.1, 0.15) is 0 Å². The lowest BCUT2D eigenvalue weighted by molar-refractivity contribution is 0.0463. The molecule has 0 saturated heterocycles. The van der Waals surface area contributed by atoms with Gasteiger partial charge in [0.15, 0.2) is 0 Å². The van der Waals surface area contributed by atoms with E-state index in [1.165, 1.54) is 0 Å². The number of aromatic nitrogens is 2. The predicted molar refractivity (Wildman–Crippen MR) is 61.7 cm³/mol. The Bertz CT molecular complexity index is 324. The first-order chi connectivity index (χ1) is 7.15. The van der Waals surface area contributed by atoms with Crippen LogP contribution < -0.4 is 4.90 Å². The highest BCUT2D eigenvalue weighted by atomic mass is 79.9. The van der Waals surface area contributed by atoms with Gasteiger partial charge in [-0.2, -0.15) is 0 Å². The zero-order chi connectivity index (χ0) is 10.8. The van der Waals surface area contributed by atoms with E-state index in [1.807, 2.05) is 11.9 Å². The lowest BCUT2D eigenvalue weighted by atomic mass is 9.82. The zero-order valence-corrected chi connectivity index (χ0v) is 10.2. The summed E-state index contributed by atoms with van der Waals surface area (Å²) >= 11 is 3.30. The average Bonchev–Trinajstić information content (AvgIpc) is 2.16. The van der Waals surface area contributed by atoms with Crippen LogP contribution in [0.4, 0.5) is 5.95 Å². The Morgan fingerprint density at radius 3 is 2.60 bits per heavy atom. The zero-order valence-electron chi connectivity index (χ0n) is 8.60. The van der Waals surface area contributed by atoms with Gasteiger partial charge < -0.3 is 10.0 Å².